The lowest BCUT2D eigenvalue weighted by molar-refractivity contribution is 0.0342. The van der Waals surface area contributed by atoms with E-state index in [-0.39, 0.29) is 5.82 Å². The van der Waals surface area contributed by atoms with Crippen molar-refractivity contribution in [3.8, 4) is 23.0 Å². The summed E-state index contributed by atoms with van der Waals surface area (Å²) in [6.07, 6.45) is 0. The minimum absolute atomic E-state index is 0.122. The lowest BCUT2D eigenvalue weighted by atomic mass is 10.1. The zero-order valence-electron chi connectivity index (χ0n) is 13.0. The Morgan fingerprint density at radius 3 is 2.46 bits per heavy atom. The number of aromatic nitrogens is 2. The number of amides is 1. The highest BCUT2D eigenvalue weighted by Gasteiger charge is 2.18. The molecule has 126 valence electrons. The second-order valence-electron chi connectivity index (χ2n) is 5.52. The Bertz CT molecular complexity index is 742. The van der Waals surface area contributed by atoms with Gasteiger partial charge in [-0.15, -0.1) is 0 Å². The van der Waals surface area contributed by atoms with Crippen LogP contribution >= 0.6 is 0 Å². The van der Waals surface area contributed by atoms with Crippen LogP contribution < -0.4 is 5.73 Å². The van der Waals surface area contributed by atoms with E-state index in [4.69, 9.17) is 10.5 Å². The maximum absolute atomic E-state index is 11.3. The molecule has 0 spiro atoms. The first kappa shape index (κ1) is 16.2. The molecular weight excluding hydrogens is 312 g/mol. The number of hydrogen-bond acceptors (Lipinski definition) is 7. The van der Waals surface area contributed by atoms with Crippen molar-refractivity contribution in [3.63, 3.8) is 0 Å². The molecule has 1 aliphatic rings. The predicted molar refractivity (Wildman–Crippen MR) is 85.4 cm³/mol. The summed E-state index contributed by atoms with van der Waals surface area (Å²) in [6, 6.07) is 7.46. The Kier molecular flexibility index (Phi) is 4.59. The van der Waals surface area contributed by atoms with E-state index in [1.165, 1.54) is 0 Å². The van der Waals surface area contributed by atoms with Crippen molar-refractivity contribution in [3.05, 3.63) is 35.5 Å². The number of primary amides is 1. The van der Waals surface area contributed by atoms with Crippen molar-refractivity contribution in [2.75, 3.05) is 26.3 Å². The van der Waals surface area contributed by atoms with Gasteiger partial charge in [0.25, 0.3) is 11.8 Å². The molecule has 1 aromatic heterocycles. The second-order valence-corrected chi connectivity index (χ2v) is 5.52. The Hall–Kier alpha value is -2.71. The van der Waals surface area contributed by atoms with Crippen molar-refractivity contribution in [1.82, 2.24) is 14.9 Å². The van der Waals surface area contributed by atoms with Gasteiger partial charge in [-0.1, -0.05) is 24.3 Å². The summed E-state index contributed by atoms with van der Waals surface area (Å²) in [4.78, 5) is 21.3. The molecule has 0 unspecified atom stereocenters. The maximum atomic E-state index is 11.3. The van der Waals surface area contributed by atoms with Crippen molar-refractivity contribution in [2.24, 2.45) is 5.73 Å². The van der Waals surface area contributed by atoms with Gasteiger partial charge in [0, 0.05) is 25.2 Å². The summed E-state index contributed by atoms with van der Waals surface area (Å²) in [7, 11) is 0. The molecule has 8 heteroatoms. The monoisotopic (exact) mass is 330 g/mol. The van der Waals surface area contributed by atoms with Gasteiger partial charge in [-0.2, -0.15) is 4.98 Å². The van der Waals surface area contributed by atoms with E-state index in [9.17, 15) is 15.0 Å². The van der Waals surface area contributed by atoms with Gasteiger partial charge in [-0.05, 0) is 5.56 Å². The van der Waals surface area contributed by atoms with Crippen LogP contribution in [0.5, 0.6) is 11.6 Å². The first-order valence-corrected chi connectivity index (χ1v) is 7.54. The molecule has 0 radical (unpaired) electrons. The summed E-state index contributed by atoms with van der Waals surface area (Å²) in [5.41, 5.74) is 6.47. The fourth-order valence-corrected chi connectivity index (χ4v) is 2.52. The van der Waals surface area contributed by atoms with E-state index in [0.717, 1.165) is 38.4 Å². The molecule has 0 bridgehead atoms. The first-order valence-electron chi connectivity index (χ1n) is 7.54. The van der Waals surface area contributed by atoms with Crippen LogP contribution in [0.4, 0.5) is 0 Å². The van der Waals surface area contributed by atoms with Crippen LogP contribution in [0.1, 0.15) is 16.1 Å². The molecule has 24 heavy (non-hydrogen) atoms. The molecule has 0 aliphatic carbocycles. The number of nitrogens with zero attached hydrogens (tertiary/aromatic N) is 3. The van der Waals surface area contributed by atoms with Gasteiger partial charge in [0.1, 0.15) is 0 Å². The number of nitrogens with two attached hydrogens (primary N) is 1. The van der Waals surface area contributed by atoms with Gasteiger partial charge in [-0.25, -0.2) is 4.98 Å². The highest BCUT2D eigenvalue weighted by molar-refractivity contribution is 5.94. The van der Waals surface area contributed by atoms with Crippen LogP contribution in [-0.4, -0.2) is 57.3 Å². The normalized spacial score (nSPS) is 15.3. The average molecular weight is 330 g/mol. The minimum atomic E-state index is -0.935. The van der Waals surface area contributed by atoms with Gasteiger partial charge >= 0.3 is 0 Å². The number of carbonyl (C=O) groups excluding carboxylic acids is 1. The smallest absolute Gasteiger partial charge is 0.271 e. The summed E-state index contributed by atoms with van der Waals surface area (Å²) >= 11 is 0. The summed E-state index contributed by atoms with van der Waals surface area (Å²) < 4.78 is 5.33. The highest BCUT2D eigenvalue weighted by Crippen LogP contribution is 2.28. The second kappa shape index (κ2) is 6.81. The van der Waals surface area contributed by atoms with Crippen LogP contribution in [0.15, 0.2) is 24.3 Å². The lowest BCUT2D eigenvalue weighted by Gasteiger charge is -2.26. The largest absolute Gasteiger partial charge is 0.501 e. The van der Waals surface area contributed by atoms with Crippen molar-refractivity contribution in [2.45, 2.75) is 6.54 Å². The van der Waals surface area contributed by atoms with E-state index < -0.39 is 23.2 Å². The molecule has 4 N–H and O–H groups in total. The molecule has 3 rings (SSSR count). The summed E-state index contributed by atoms with van der Waals surface area (Å²) in [6.45, 7) is 4.11. The fraction of sp³-hybridized carbons (Fsp3) is 0.312. The van der Waals surface area contributed by atoms with Gasteiger partial charge in [-0.3, -0.25) is 9.69 Å². The van der Waals surface area contributed by atoms with Crippen molar-refractivity contribution < 1.29 is 19.7 Å². The molecule has 0 atom stereocenters. The van der Waals surface area contributed by atoms with Crippen LogP contribution in [0.25, 0.3) is 11.4 Å². The van der Waals surface area contributed by atoms with Crippen LogP contribution in [-0.2, 0) is 11.3 Å². The predicted octanol–water partition coefficient (Wildman–Crippen LogP) is 0.486. The average Bonchev–Trinajstić information content (AvgIpc) is 2.58. The van der Waals surface area contributed by atoms with Crippen molar-refractivity contribution in [1.29, 1.82) is 0 Å². The van der Waals surface area contributed by atoms with Gasteiger partial charge in [0.2, 0.25) is 5.75 Å². The van der Waals surface area contributed by atoms with Gasteiger partial charge in [0.05, 0.1) is 13.2 Å². The zero-order chi connectivity index (χ0) is 17.1. The third kappa shape index (κ3) is 3.44. The Morgan fingerprint density at radius 1 is 1.17 bits per heavy atom. The number of carbonyl (C=O) groups is 1. The molecule has 2 heterocycles. The molecule has 1 aliphatic heterocycles. The third-order valence-electron chi connectivity index (χ3n) is 3.82. The van der Waals surface area contributed by atoms with Gasteiger partial charge < -0.3 is 20.7 Å². The maximum Gasteiger partial charge on any atom is 0.271 e. The molecule has 0 saturated carbocycles. The molecule has 1 amide bonds. The third-order valence-corrected chi connectivity index (χ3v) is 3.82. The topological polar surface area (TPSA) is 122 Å². The standard InChI is InChI=1S/C16H18N4O4/c17-14(22)12-13(21)16(23)19-15(18-12)11-3-1-10(2-4-11)9-20-5-7-24-8-6-20/h1-4,21H,5-9H2,(H2,17,22)(H,18,19,23). The van der Waals surface area contributed by atoms with E-state index in [2.05, 4.69) is 14.9 Å². The number of rotatable bonds is 4. The van der Waals surface area contributed by atoms with Crippen LogP contribution in [0.2, 0.25) is 0 Å². The lowest BCUT2D eigenvalue weighted by Crippen LogP contribution is -2.35. The van der Waals surface area contributed by atoms with E-state index in [0.29, 0.717) is 5.56 Å². The summed E-state index contributed by atoms with van der Waals surface area (Å²) in [5.74, 6) is -2.20. The van der Waals surface area contributed by atoms with Crippen LogP contribution in [0.3, 0.4) is 0 Å². The fourth-order valence-electron chi connectivity index (χ4n) is 2.52. The Morgan fingerprint density at radius 2 is 1.83 bits per heavy atom. The Balaban J connectivity index is 1.81. The number of hydrogen-bond donors (Lipinski definition) is 3. The molecule has 1 aromatic carbocycles. The summed E-state index contributed by atoms with van der Waals surface area (Å²) in [5, 5.41) is 19.2. The molecular formula is C16H18N4O4. The quantitative estimate of drug-likeness (QED) is 0.745. The minimum Gasteiger partial charge on any atom is -0.501 e. The molecule has 8 nitrogen and oxygen atoms in total. The first-order chi connectivity index (χ1) is 11.5. The SMILES string of the molecule is NC(=O)c1nc(-c2ccc(CN3CCOCC3)cc2)nc(O)c1O. The number of aromatic hydroxyl groups is 2. The van der Waals surface area contributed by atoms with E-state index in [1.54, 1.807) is 12.1 Å². The molecule has 1 fully saturated rings. The molecule has 1 saturated heterocycles. The number of benzene rings is 1. The Labute approximate surface area is 138 Å². The number of ether oxygens (including phenoxy) is 1. The number of morpholine rings is 1. The van der Waals surface area contributed by atoms with Crippen molar-refractivity contribution >= 4 is 5.91 Å². The van der Waals surface area contributed by atoms with E-state index >= 15 is 0 Å². The van der Waals surface area contributed by atoms with E-state index in [1.807, 2.05) is 12.1 Å². The van der Waals surface area contributed by atoms with Crippen LogP contribution in [0, 0.1) is 0 Å². The highest BCUT2D eigenvalue weighted by atomic mass is 16.5. The van der Waals surface area contributed by atoms with Gasteiger partial charge in [0.15, 0.2) is 11.5 Å². The molecule has 2 aromatic rings. The zero-order valence-corrected chi connectivity index (χ0v) is 13.0.